The van der Waals surface area contributed by atoms with Crippen molar-refractivity contribution in [2.24, 2.45) is 0 Å². The van der Waals surface area contributed by atoms with Gasteiger partial charge in [0.1, 0.15) is 5.76 Å². The van der Waals surface area contributed by atoms with Gasteiger partial charge in [0, 0.05) is 18.4 Å². The van der Waals surface area contributed by atoms with E-state index in [1.54, 1.807) is 7.11 Å². The maximum absolute atomic E-state index is 5.91. The zero-order chi connectivity index (χ0) is 17.5. The van der Waals surface area contributed by atoms with Crippen molar-refractivity contribution in [3.63, 3.8) is 0 Å². The Balaban J connectivity index is 1.26. The second-order valence-electron chi connectivity index (χ2n) is 7.09. The number of nitrogens with zero attached hydrogens (tertiary/aromatic N) is 6. The summed E-state index contributed by atoms with van der Waals surface area (Å²) >= 11 is 0. The van der Waals surface area contributed by atoms with Crippen molar-refractivity contribution >= 4 is 5.65 Å². The molecule has 4 heterocycles. The lowest BCUT2D eigenvalue weighted by Gasteiger charge is -2.29. The van der Waals surface area contributed by atoms with Crippen LogP contribution in [0.25, 0.3) is 5.65 Å². The first kappa shape index (κ1) is 15.7. The van der Waals surface area contributed by atoms with Gasteiger partial charge in [-0.25, -0.2) is 4.98 Å². The number of aromatic nitrogens is 5. The number of hydrogen-bond donors (Lipinski definition) is 0. The van der Waals surface area contributed by atoms with Gasteiger partial charge >= 0.3 is 0 Å². The van der Waals surface area contributed by atoms with Crippen molar-refractivity contribution in [3.05, 3.63) is 35.3 Å². The predicted molar refractivity (Wildman–Crippen MR) is 93.1 cm³/mol. The minimum Gasteiger partial charge on any atom is -0.480 e. The molecule has 0 atom stereocenters. The van der Waals surface area contributed by atoms with Crippen LogP contribution < -0.4 is 4.74 Å². The second-order valence-corrected chi connectivity index (χ2v) is 7.09. The van der Waals surface area contributed by atoms with E-state index < -0.39 is 0 Å². The van der Waals surface area contributed by atoms with Crippen molar-refractivity contribution in [1.29, 1.82) is 0 Å². The molecule has 3 aromatic rings. The van der Waals surface area contributed by atoms with Crippen LogP contribution in [0.3, 0.4) is 0 Å². The quantitative estimate of drug-likeness (QED) is 0.708. The van der Waals surface area contributed by atoms with E-state index in [1.807, 2.05) is 16.6 Å². The number of likely N-dealkylation sites (tertiary alicyclic amines) is 1. The summed E-state index contributed by atoms with van der Waals surface area (Å²) in [5.41, 5.74) is 1.93. The molecule has 3 aromatic heterocycles. The Labute approximate surface area is 151 Å². The maximum atomic E-state index is 5.91. The molecule has 5 rings (SSSR count). The van der Waals surface area contributed by atoms with Gasteiger partial charge in [0.25, 0.3) is 0 Å². The molecule has 0 spiro atoms. The third-order valence-corrected chi connectivity index (χ3v) is 5.42. The number of oxazole rings is 1. The molecule has 0 saturated carbocycles. The van der Waals surface area contributed by atoms with Crippen molar-refractivity contribution in [2.75, 3.05) is 20.2 Å². The summed E-state index contributed by atoms with van der Waals surface area (Å²) in [6.07, 6.45) is 5.34. The number of rotatable bonds is 4. The molecular formula is C18H22N6O2. The van der Waals surface area contributed by atoms with E-state index in [9.17, 15) is 0 Å². The van der Waals surface area contributed by atoms with Crippen LogP contribution in [0.15, 0.2) is 16.5 Å². The average molecular weight is 354 g/mol. The van der Waals surface area contributed by atoms with Gasteiger partial charge < -0.3 is 9.15 Å². The minimum absolute atomic E-state index is 0.357. The average Bonchev–Trinajstić information content (AvgIpc) is 3.36. The molecule has 1 fully saturated rings. The topological polar surface area (TPSA) is 81.6 Å². The lowest BCUT2D eigenvalue weighted by Crippen LogP contribution is -2.33. The van der Waals surface area contributed by atoms with Gasteiger partial charge in [-0.3, -0.25) is 4.90 Å². The van der Waals surface area contributed by atoms with E-state index in [-0.39, 0.29) is 0 Å². The van der Waals surface area contributed by atoms with Crippen molar-refractivity contribution < 1.29 is 9.15 Å². The monoisotopic (exact) mass is 354 g/mol. The first-order chi connectivity index (χ1) is 12.8. The summed E-state index contributed by atoms with van der Waals surface area (Å²) in [5.74, 6) is 3.83. The van der Waals surface area contributed by atoms with Gasteiger partial charge in [0.2, 0.25) is 11.8 Å². The van der Waals surface area contributed by atoms with Crippen LogP contribution in [0.4, 0.5) is 0 Å². The van der Waals surface area contributed by atoms with Crippen LogP contribution in [0.5, 0.6) is 5.88 Å². The first-order valence-corrected chi connectivity index (χ1v) is 9.26. The zero-order valence-corrected chi connectivity index (χ0v) is 14.9. The van der Waals surface area contributed by atoms with Gasteiger partial charge in [-0.2, -0.15) is 4.52 Å². The van der Waals surface area contributed by atoms with Crippen LogP contribution in [0.1, 0.15) is 48.3 Å². The lowest BCUT2D eigenvalue weighted by atomic mass is 9.96. The summed E-state index contributed by atoms with van der Waals surface area (Å²) in [7, 11) is 1.62. The summed E-state index contributed by atoms with van der Waals surface area (Å²) in [6, 6.07) is 3.70. The van der Waals surface area contributed by atoms with E-state index in [4.69, 9.17) is 9.15 Å². The molecular weight excluding hydrogens is 332 g/mol. The molecule has 136 valence electrons. The Morgan fingerprint density at radius 2 is 2.08 bits per heavy atom. The predicted octanol–water partition coefficient (Wildman–Crippen LogP) is 1.99. The first-order valence-electron chi connectivity index (χ1n) is 9.26. The fraction of sp³-hybridized carbons (Fsp3) is 0.556. The zero-order valence-electron chi connectivity index (χ0n) is 14.9. The summed E-state index contributed by atoms with van der Waals surface area (Å²) in [5, 5.41) is 13.1. The fourth-order valence-corrected chi connectivity index (χ4v) is 4.00. The molecule has 8 heteroatoms. The molecule has 0 unspecified atom stereocenters. The van der Waals surface area contributed by atoms with Gasteiger partial charge in [-0.15, -0.1) is 15.3 Å². The van der Waals surface area contributed by atoms with E-state index in [0.29, 0.717) is 11.8 Å². The van der Waals surface area contributed by atoms with Crippen LogP contribution in [0, 0.1) is 0 Å². The van der Waals surface area contributed by atoms with E-state index >= 15 is 0 Å². The standard InChI is InChI=1S/C18H22N6O2/c1-25-16-6-5-15-20-21-18(24(15)22-16)12-7-9-23(10-8-12)11-17-19-13-3-2-4-14(13)26-17/h5-6,12H,2-4,7-11H2,1H3. The Morgan fingerprint density at radius 3 is 2.88 bits per heavy atom. The maximum Gasteiger partial charge on any atom is 0.231 e. The minimum atomic E-state index is 0.357. The smallest absolute Gasteiger partial charge is 0.231 e. The number of hydrogen-bond acceptors (Lipinski definition) is 7. The Hall–Kier alpha value is -2.48. The van der Waals surface area contributed by atoms with E-state index in [1.165, 1.54) is 12.1 Å². The SMILES string of the molecule is COc1ccc2nnc(C3CCN(Cc4nc5c(o4)CCC5)CC3)n2n1. The highest BCUT2D eigenvalue weighted by Gasteiger charge is 2.27. The molecule has 0 amide bonds. The summed E-state index contributed by atoms with van der Waals surface area (Å²) in [6.45, 7) is 2.79. The third kappa shape index (κ3) is 2.74. The number of methoxy groups -OCH3 is 1. The number of piperidine rings is 1. The third-order valence-electron chi connectivity index (χ3n) is 5.42. The molecule has 0 bridgehead atoms. The largest absolute Gasteiger partial charge is 0.480 e. The number of fused-ring (bicyclic) bond motifs is 2. The molecule has 0 radical (unpaired) electrons. The van der Waals surface area contributed by atoms with Gasteiger partial charge in [-0.1, -0.05) is 0 Å². The number of ether oxygens (including phenoxy) is 1. The lowest BCUT2D eigenvalue weighted by molar-refractivity contribution is 0.183. The van der Waals surface area contributed by atoms with Crippen molar-refractivity contribution in [3.8, 4) is 5.88 Å². The Bertz CT molecular complexity index is 904. The second kappa shape index (κ2) is 6.35. The van der Waals surface area contributed by atoms with Crippen LogP contribution in [0.2, 0.25) is 0 Å². The summed E-state index contributed by atoms with van der Waals surface area (Å²) < 4.78 is 13.0. The van der Waals surface area contributed by atoms with Gasteiger partial charge in [0.15, 0.2) is 11.5 Å². The highest BCUT2D eigenvalue weighted by atomic mass is 16.5. The van der Waals surface area contributed by atoms with Crippen LogP contribution in [-0.2, 0) is 19.4 Å². The van der Waals surface area contributed by atoms with Crippen LogP contribution >= 0.6 is 0 Å². The molecule has 26 heavy (non-hydrogen) atoms. The number of aryl methyl sites for hydroxylation is 2. The normalized spacial score (nSPS) is 18.5. The van der Waals surface area contributed by atoms with E-state index in [0.717, 1.165) is 68.4 Å². The summed E-state index contributed by atoms with van der Waals surface area (Å²) in [4.78, 5) is 7.07. The van der Waals surface area contributed by atoms with E-state index in [2.05, 4.69) is 25.2 Å². The molecule has 0 N–H and O–H groups in total. The Kier molecular flexibility index (Phi) is 3.85. The molecule has 2 aliphatic rings. The van der Waals surface area contributed by atoms with Crippen molar-refractivity contribution in [1.82, 2.24) is 29.7 Å². The Morgan fingerprint density at radius 1 is 1.19 bits per heavy atom. The highest BCUT2D eigenvalue weighted by Crippen LogP contribution is 2.29. The highest BCUT2D eigenvalue weighted by molar-refractivity contribution is 5.38. The van der Waals surface area contributed by atoms with Crippen LogP contribution in [-0.4, -0.2) is 49.9 Å². The van der Waals surface area contributed by atoms with Gasteiger partial charge in [0.05, 0.1) is 19.3 Å². The van der Waals surface area contributed by atoms with Crippen molar-refractivity contribution in [2.45, 2.75) is 44.6 Å². The molecule has 1 saturated heterocycles. The fourth-order valence-electron chi connectivity index (χ4n) is 4.00. The molecule has 1 aliphatic carbocycles. The molecule has 8 nitrogen and oxygen atoms in total. The molecule has 0 aromatic carbocycles. The molecule has 1 aliphatic heterocycles. The van der Waals surface area contributed by atoms with Gasteiger partial charge in [-0.05, 0) is 44.8 Å².